The summed E-state index contributed by atoms with van der Waals surface area (Å²) in [6.07, 6.45) is 0.381. The predicted octanol–water partition coefficient (Wildman–Crippen LogP) is 3.07. The van der Waals surface area contributed by atoms with E-state index in [0.717, 1.165) is 22.8 Å². The summed E-state index contributed by atoms with van der Waals surface area (Å²) in [6, 6.07) is 18.4. The van der Waals surface area contributed by atoms with Gasteiger partial charge in [-0.1, -0.05) is 54.6 Å². The first kappa shape index (κ1) is 21.8. The summed E-state index contributed by atoms with van der Waals surface area (Å²) in [5.74, 6) is -2.21. The number of aromatic amines is 1. The molecule has 0 radical (unpaired) electrons. The Balaban J connectivity index is 1.72. The Bertz CT molecular complexity index is 1040. The molecule has 0 aliphatic carbocycles. The summed E-state index contributed by atoms with van der Waals surface area (Å²) < 4.78 is 5.02. The molecule has 0 spiro atoms. The highest BCUT2D eigenvalue weighted by Gasteiger charge is 2.21. The van der Waals surface area contributed by atoms with Crippen molar-refractivity contribution in [2.24, 2.45) is 0 Å². The van der Waals surface area contributed by atoms with Crippen LogP contribution in [-0.4, -0.2) is 45.8 Å². The minimum absolute atomic E-state index is 0.0176. The lowest BCUT2D eigenvalue weighted by molar-refractivity contribution is -0.143. The van der Waals surface area contributed by atoms with Gasteiger partial charge in [-0.15, -0.1) is 0 Å². The molecule has 0 aliphatic heterocycles. The predicted molar refractivity (Wildman–Crippen MR) is 114 cm³/mol. The first-order valence-electron chi connectivity index (χ1n) is 9.85. The topological polar surface area (TPSA) is 121 Å². The standard InChI is InChI=1S/C23H23N3O5/c1-2-31-21(27)13-18(24-22(28)19-14-20(23(29)30)26-25-19)12-15-8-10-17(11-9-15)16-6-4-3-5-7-16/h3-11,14,18H,2,12-13H2,1H3,(H,24,28)(H,25,26)(H,29,30)/t18-/m1/s1. The maximum Gasteiger partial charge on any atom is 0.353 e. The molecule has 0 aliphatic rings. The van der Waals surface area contributed by atoms with E-state index < -0.39 is 23.9 Å². The molecule has 1 atom stereocenters. The van der Waals surface area contributed by atoms with Crippen molar-refractivity contribution in [3.8, 4) is 11.1 Å². The molecule has 0 unspecified atom stereocenters. The van der Waals surface area contributed by atoms with Gasteiger partial charge in [0.05, 0.1) is 13.0 Å². The average molecular weight is 421 g/mol. The zero-order valence-electron chi connectivity index (χ0n) is 17.0. The molecule has 0 bridgehead atoms. The number of nitrogens with one attached hydrogen (secondary N) is 2. The molecule has 31 heavy (non-hydrogen) atoms. The van der Waals surface area contributed by atoms with E-state index in [9.17, 15) is 14.4 Å². The second-order valence-corrected chi connectivity index (χ2v) is 6.92. The van der Waals surface area contributed by atoms with E-state index in [1.165, 1.54) is 0 Å². The largest absolute Gasteiger partial charge is 0.477 e. The van der Waals surface area contributed by atoms with E-state index in [-0.39, 0.29) is 24.4 Å². The Hall–Kier alpha value is -3.94. The number of hydrogen-bond donors (Lipinski definition) is 3. The number of H-pyrrole nitrogens is 1. The van der Waals surface area contributed by atoms with Crippen molar-refractivity contribution in [3.05, 3.63) is 77.6 Å². The van der Waals surface area contributed by atoms with Gasteiger partial charge in [0, 0.05) is 12.1 Å². The van der Waals surface area contributed by atoms with Crippen LogP contribution in [0.15, 0.2) is 60.7 Å². The van der Waals surface area contributed by atoms with Crippen LogP contribution in [0.1, 0.15) is 39.9 Å². The molecule has 3 rings (SSSR count). The molecule has 8 heteroatoms. The molecule has 2 aromatic carbocycles. The summed E-state index contributed by atoms with van der Waals surface area (Å²) >= 11 is 0. The third-order valence-electron chi connectivity index (χ3n) is 4.64. The summed E-state index contributed by atoms with van der Waals surface area (Å²) in [5, 5.41) is 17.7. The van der Waals surface area contributed by atoms with Crippen LogP contribution in [-0.2, 0) is 16.0 Å². The Labute approximate surface area is 179 Å². The molecule has 1 amide bonds. The quantitative estimate of drug-likeness (QED) is 0.457. The van der Waals surface area contributed by atoms with Gasteiger partial charge in [-0.2, -0.15) is 5.10 Å². The molecule has 1 heterocycles. The highest BCUT2D eigenvalue weighted by atomic mass is 16.5. The maximum atomic E-state index is 12.5. The smallest absolute Gasteiger partial charge is 0.353 e. The summed E-state index contributed by atoms with van der Waals surface area (Å²) in [6.45, 7) is 1.96. The first-order valence-corrected chi connectivity index (χ1v) is 9.85. The Kier molecular flexibility index (Phi) is 7.16. The summed E-state index contributed by atoms with van der Waals surface area (Å²) in [5.41, 5.74) is 2.84. The van der Waals surface area contributed by atoms with E-state index in [4.69, 9.17) is 9.84 Å². The lowest BCUT2D eigenvalue weighted by Gasteiger charge is -2.18. The van der Waals surface area contributed by atoms with Crippen molar-refractivity contribution >= 4 is 17.8 Å². The molecule has 3 N–H and O–H groups in total. The van der Waals surface area contributed by atoms with Crippen molar-refractivity contribution < 1.29 is 24.2 Å². The number of carboxylic acid groups (broad SMARTS) is 1. The van der Waals surface area contributed by atoms with Gasteiger partial charge in [-0.25, -0.2) is 4.79 Å². The van der Waals surface area contributed by atoms with Crippen LogP contribution in [0.3, 0.4) is 0 Å². The highest BCUT2D eigenvalue weighted by molar-refractivity contribution is 5.95. The van der Waals surface area contributed by atoms with Crippen LogP contribution in [0.4, 0.5) is 0 Å². The molecule has 8 nitrogen and oxygen atoms in total. The zero-order valence-corrected chi connectivity index (χ0v) is 17.0. The third kappa shape index (κ3) is 6.02. The fraction of sp³-hybridized carbons (Fsp3) is 0.217. The van der Waals surface area contributed by atoms with Gasteiger partial charge in [0.1, 0.15) is 5.69 Å². The number of hydrogen-bond acceptors (Lipinski definition) is 5. The number of rotatable bonds is 9. The minimum atomic E-state index is -1.21. The van der Waals surface area contributed by atoms with Crippen molar-refractivity contribution in [1.29, 1.82) is 0 Å². The molecular weight excluding hydrogens is 398 g/mol. The number of ether oxygens (including phenoxy) is 1. The lowest BCUT2D eigenvalue weighted by Crippen LogP contribution is -2.38. The number of benzene rings is 2. The SMILES string of the molecule is CCOC(=O)C[C@@H](Cc1ccc(-c2ccccc2)cc1)NC(=O)c1cc(C(=O)O)[nH]n1. The van der Waals surface area contributed by atoms with Gasteiger partial charge in [0.2, 0.25) is 0 Å². The van der Waals surface area contributed by atoms with E-state index in [1.807, 2.05) is 54.6 Å². The van der Waals surface area contributed by atoms with E-state index in [1.54, 1.807) is 6.92 Å². The number of carboxylic acids is 1. The van der Waals surface area contributed by atoms with Gasteiger partial charge >= 0.3 is 11.9 Å². The number of carbonyl (C=O) groups is 3. The van der Waals surface area contributed by atoms with Crippen LogP contribution >= 0.6 is 0 Å². The van der Waals surface area contributed by atoms with E-state index in [0.29, 0.717) is 6.42 Å². The highest BCUT2D eigenvalue weighted by Crippen LogP contribution is 2.20. The monoisotopic (exact) mass is 421 g/mol. The van der Waals surface area contributed by atoms with Crippen LogP contribution in [0, 0.1) is 0 Å². The number of aromatic nitrogens is 2. The molecule has 3 aromatic rings. The Morgan fingerprint density at radius 3 is 2.35 bits per heavy atom. The van der Waals surface area contributed by atoms with Crippen molar-refractivity contribution in [2.75, 3.05) is 6.61 Å². The van der Waals surface area contributed by atoms with Gasteiger partial charge in [0.25, 0.3) is 5.91 Å². The van der Waals surface area contributed by atoms with Crippen LogP contribution in [0.5, 0.6) is 0 Å². The molecule has 0 saturated heterocycles. The Morgan fingerprint density at radius 1 is 1.06 bits per heavy atom. The zero-order chi connectivity index (χ0) is 22.2. The van der Waals surface area contributed by atoms with Gasteiger partial charge in [-0.05, 0) is 30.0 Å². The summed E-state index contributed by atoms with van der Waals surface area (Å²) in [4.78, 5) is 35.5. The lowest BCUT2D eigenvalue weighted by atomic mass is 9.99. The van der Waals surface area contributed by atoms with Gasteiger partial charge < -0.3 is 15.2 Å². The molecule has 0 fully saturated rings. The Morgan fingerprint density at radius 2 is 1.74 bits per heavy atom. The molecular formula is C23H23N3O5. The molecule has 0 saturated carbocycles. The first-order chi connectivity index (χ1) is 15.0. The van der Waals surface area contributed by atoms with Crippen LogP contribution in [0.25, 0.3) is 11.1 Å². The van der Waals surface area contributed by atoms with E-state index in [2.05, 4.69) is 15.5 Å². The average Bonchev–Trinajstić information content (AvgIpc) is 3.26. The van der Waals surface area contributed by atoms with Crippen molar-refractivity contribution in [2.45, 2.75) is 25.8 Å². The number of aromatic carboxylic acids is 1. The van der Waals surface area contributed by atoms with Crippen LogP contribution in [0.2, 0.25) is 0 Å². The number of esters is 1. The fourth-order valence-corrected chi connectivity index (χ4v) is 3.15. The van der Waals surface area contributed by atoms with E-state index >= 15 is 0 Å². The third-order valence-corrected chi connectivity index (χ3v) is 4.64. The normalized spacial score (nSPS) is 11.5. The number of amides is 1. The minimum Gasteiger partial charge on any atom is -0.477 e. The maximum absolute atomic E-state index is 12.5. The molecule has 1 aromatic heterocycles. The van der Waals surface area contributed by atoms with Crippen LogP contribution < -0.4 is 5.32 Å². The summed E-state index contributed by atoms with van der Waals surface area (Å²) in [7, 11) is 0. The second-order valence-electron chi connectivity index (χ2n) is 6.92. The molecule has 160 valence electrons. The van der Waals surface area contributed by atoms with Crippen molar-refractivity contribution in [3.63, 3.8) is 0 Å². The number of carbonyl (C=O) groups excluding carboxylic acids is 2. The van der Waals surface area contributed by atoms with Crippen molar-refractivity contribution in [1.82, 2.24) is 15.5 Å². The second kappa shape index (κ2) is 10.2. The van der Waals surface area contributed by atoms with Gasteiger partial charge in [0.15, 0.2) is 5.69 Å². The number of nitrogens with zero attached hydrogens (tertiary/aromatic N) is 1. The van der Waals surface area contributed by atoms with Gasteiger partial charge in [-0.3, -0.25) is 14.7 Å². The fourth-order valence-electron chi connectivity index (χ4n) is 3.15.